The molecule has 0 unspecified atom stereocenters. The van der Waals surface area contributed by atoms with Crippen LogP contribution < -0.4 is 15.2 Å². The Morgan fingerprint density at radius 3 is 2.38 bits per heavy atom. The molecule has 0 bridgehead atoms. The highest BCUT2D eigenvalue weighted by Gasteiger charge is 2.27. The first-order chi connectivity index (χ1) is 17.9. The number of carboxylic acids is 1. The van der Waals surface area contributed by atoms with Crippen molar-refractivity contribution >= 4 is 11.9 Å². The topological polar surface area (TPSA) is 126 Å². The summed E-state index contributed by atoms with van der Waals surface area (Å²) in [6.45, 7) is 0.628. The van der Waals surface area contributed by atoms with Crippen molar-refractivity contribution in [2.45, 2.75) is 32.2 Å². The molecule has 1 aromatic heterocycles. The number of aromatic nitrogens is 2. The smallest absolute Gasteiger partial charge is 0.329 e. The van der Waals surface area contributed by atoms with E-state index in [1.54, 1.807) is 7.11 Å². The van der Waals surface area contributed by atoms with Gasteiger partial charge in [-0.15, -0.1) is 5.10 Å². The van der Waals surface area contributed by atoms with Gasteiger partial charge >= 0.3 is 5.97 Å². The van der Waals surface area contributed by atoms with Crippen LogP contribution in [0, 0.1) is 11.8 Å². The number of carbonyl (C=O) groups excluding carboxylic acids is 1. The van der Waals surface area contributed by atoms with Crippen LogP contribution in [0.25, 0.3) is 22.4 Å². The summed E-state index contributed by atoms with van der Waals surface area (Å²) in [6, 6.07) is 17.7. The molecule has 0 aliphatic heterocycles. The summed E-state index contributed by atoms with van der Waals surface area (Å²) in [7, 11) is 1.62. The molecule has 1 amide bonds. The quantitative estimate of drug-likeness (QED) is 0.379. The lowest BCUT2D eigenvalue weighted by Gasteiger charge is -2.28. The third-order valence-electron chi connectivity index (χ3n) is 6.65. The Labute approximate surface area is 216 Å². The van der Waals surface area contributed by atoms with Crippen LogP contribution in [-0.4, -0.2) is 53.7 Å². The minimum absolute atomic E-state index is 0.255. The molecular weight excluding hydrogens is 474 g/mol. The van der Waals surface area contributed by atoms with Crippen LogP contribution in [-0.2, 0) is 20.9 Å². The van der Waals surface area contributed by atoms with Gasteiger partial charge in [-0.05, 0) is 55.2 Å². The summed E-state index contributed by atoms with van der Waals surface area (Å²) in [5, 5.41) is 13.6. The van der Waals surface area contributed by atoms with Crippen LogP contribution in [0.5, 0.6) is 11.6 Å². The Balaban J connectivity index is 1.65. The van der Waals surface area contributed by atoms with Crippen LogP contribution in [0.2, 0.25) is 0 Å². The van der Waals surface area contributed by atoms with Gasteiger partial charge in [0, 0.05) is 12.1 Å². The van der Waals surface area contributed by atoms with Crippen LogP contribution >= 0.6 is 0 Å². The lowest BCUT2D eigenvalue weighted by atomic mass is 9.82. The molecule has 9 heteroatoms. The highest BCUT2D eigenvalue weighted by molar-refractivity contribution is 5.86. The second-order valence-corrected chi connectivity index (χ2v) is 9.36. The van der Waals surface area contributed by atoms with Crippen molar-refractivity contribution in [3.05, 3.63) is 54.6 Å². The molecule has 0 atom stereocenters. The Bertz CT molecular complexity index is 1200. The fourth-order valence-electron chi connectivity index (χ4n) is 4.88. The third-order valence-corrected chi connectivity index (χ3v) is 6.65. The zero-order valence-electron chi connectivity index (χ0n) is 21.0. The molecular formula is C28H33N3O6. The van der Waals surface area contributed by atoms with Gasteiger partial charge in [0.2, 0.25) is 5.88 Å². The summed E-state index contributed by atoms with van der Waals surface area (Å²) in [4.78, 5) is 22.3. The maximum Gasteiger partial charge on any atom is 0.329 e. The number of benzene rings is 2. The number of nitrogens with two attached hydrogens (primary N) is 1. The van der Waals surface area contributed by atoms with E-state index in [-0.39, 0.29) is 13.2 Å². The number of carbonyl (C=O) groups is 2. The number of ether oxygens (including phenoxy) is 3. The van der Waals surface area contributed by atoms with Gasteiger partial charge in [0.15, 0.2) is 6.61 Å². The van der Waals surface area contributed by atoms with Gasteiger partial charge < -0.3 is 25.1 Å². The zero-order chi connectivity index (χ0) is 26.2. The van der Waals surface area contributed by atoms with Crippen LogP contribution in [0.4, 0.5) is 0 Å². The molecule has 2 aromatic carbocycles. The number of aliphatic carboxylic acids is 1. The molecule has 9 nitrogen and oxygen atoms in total. The molecule has 37 heavy (non-hydrogen) atoms. The number of carboxylic acid groups (broad SMARTS) is 1. The number of rotatable bonds is 12. The number of nitrogens with zero attached hydrogens (tertiary/aromatic N) is 2. The first-order valence-electron chi connectivity index (χ1n) is 12.5. The largest absolute Gasteiger partial charge is 0.497 e. The number of primary amides is 1. The molecule has 1 heterocycles. The Morgan fingerprint density at radius 1 is 1.00 bits per heavy atom. The van der Waals surface area contributed by atoms with E-state index in [0.717, 1.165) is 48.1 Å². The Kier molecular flexibility index (Phi) is 8.79. The van der Waals surface area contributed by atoms with Crippen LogP contribution in [0.3, 0.4) is 0 Å². The van der Waals surface area contributed by atoms with E-state index in [4.69, 9.17) is 30.1 Å². The average molecular weight is 508 g/mol. The van der Waals surface area contributed by atoms with Gasteiger partial charge in [-0.2, -0.15) is 0 Å². The molecule has 1 aliphatic carbocycles. The molecule has 0 radical (unpaired) electrons. The number of amides is 1. The summed E-state index contributed by atoms with van der Waals surface area (Å²) < 4.78 is 18.6. The lowest BCUT2D eigenvalue weighted by molar-refractivity contribution is -0.142. The van der Waals surface area contributed by atoms with E-state index >= 15 is 0 Å². The van der Waals surface area contributed by atoms with E-state index in [9.17, 15) is 9.59 Å². The first-order valence-corrected chi connectivity index (χ1v) is 12.5. The SMILES string of the molecule is COc1cccc(-c2c(OCC(N)=O)nn(CC3CCC(COCC(=O)O)CC3)c2-c2ccccc2)c1. The predicted molar refractivity (Wildman–Crippen MR) is 138 cm³/mol. The number of hydrogen-bond donors (Lipinski definition) is 2. The van der Waals surface area contributed by atoms with Crippen LogP contribution in [0.15, 0.2) is 54.6 Å². The van der Waals surface area contributed by atoms with E-state index in [1.807, 2.05) is 59.3 Å². The Hall–Kier alpha value is -3.85. The molecule has 1 fully saturated rings. The third kappa shape index (κ3) is 6.89. The lowest BCUT2D eigenvalue weighted by Crippen LogP contribution is -2.23. The molecule has 4 rings (SSSR count). The minimum atomic E-state index is -0.943. The summed E-state index contributed by atoms with van der Waals surface area (Å²) in [5.41, 5.74) is 8.91. The second kappa shape index (κ2) is 12.4. The van der Waals surface area contributed by atoms with Crippen molar-refractivity contribution in [1.29, 1.82) is 0 Å². The molecule has 1 saturated carbocycles. The van der Waals surface area contributed by atoms with Crippen LogP contribution in [0.1, 0.15) is 25.7 Å². The van der Waals surface area contributed by atoms with Gasteiger partial charge in [-0.3, -0.25) is 9.48 Å². The molecule has 0 spiro atoms. The second-order valence-electron chi connectivity index (χ2n) is 9.36. The monoisotopic (exact) mass is 507 g/mol. The summed E-state index contributed by atoms with van der Waals surface area (Å²) in [6.07, 6.45) is 3.92. The van der Waals surface area contributed by atoms with Crippen molar-refractivity contribution in [1.82, 2.24) is 9.78 Å². The van der Waals surface area contributed by atoms with Gasteiger partial charge in [-0.1, -0.05) is 42.5 Å². The first kappa shape index (κ1) is 26.2. The van der Waals surface area contributed by atoms with E-state index < -0.39 is 11.9 Å². The van der Waals surface area contributed by atoms with Crippen molar-refractivity contribution in [3.8, 4) is 34.0 Å². The number of hydrogen-bond acceptors (Lipinski definition) is 6. The van der Waals surface area contributed by atoms with Gasteiger partial charge in [0.05, 0.1) is 25.0 Å². The van der Waals surface area contributed by atoms with Gasteiger partial charge in [0.1, 0.15) is 12.4 Å². The Morgan fingerprint density at radius 2 is 1.70 bits per heavy atom. The highest BCUT2D eigenvalue weighted by atomic mass is 16.5. The number of methoxy groups -OCH3 is 1. The maximum atomic E-state index is 11.5. The predicted octanol–water partition coefficient (Wildman–Crippen LogP) is 4.00. The van der Waals surface area contributed by atoms with Gasteiger partial charge in [-0.25, -0.2) is 4.79 Å². The maximum absolute atomic E-state index is 11.5. The summed E-state index contributed by atoms with van der Waals surface area (Å²) >= 11 is 0. The summed E-state index contributed by atoms with van der Waals surface area (Å²) in [5.74, 6) is 0.289. The van der Waals surface area contributed by atoms with Crippen molar-refractivity contribution < 1.29 is 28.9 Å². The average Bonchev–Trinajstić information content (AvgIpc) is 3.26. The molecule has 196 valence electrons. The van der Waals surface area contributed by atoms with E-state index in [2.05, 4.69) is 0 Å². The van der Waals surface area contributed by atoms with Crippen molar-refractivity contribution in [2.75, 3.05) is 26.9 Å². The molecule has 3 aromatic rings. The normalized spacial score (nSPS) is 17.3. The highest BCUT2D eigenvalue weighted by Crippen LogP contribution is 2.41. The molecule has 0 saturated heterocycles. The fraction of sp³-hybridized carbons (Fsp3) is 0.393. The molecule has 3 N–H and O–H groups in total. The fourth-order valence-corrected chi connectivity index (χ4v) is 4.88. The van der Waals surface area contributed by atoms with E-state index in [1.165, 1.54) is 0 Å². The molecule has 1 aliphatic rings. The van der Waals surface area contributed by atoms with E-state index in [0.29, 0.717) is 36.6 Å². The minimum Gasteiger partial charge on any atom is -0.497 e. The standard InChI is InChI=1S/C28H33N3O6/c1-35-23-9-5-8-22(14-23)26-27(21-6-3-2-4-7-21)31(30-28(26)37-17-24(29)32)15-19-10-12-20(13-11-19)16-36-18-25(33)34/h2-9,14,19-20H,10-13,15-18H2,1H3,(H2,29,32)(H,33,34). The van der Waals surface area contributed by atoms with Crippen molar-refractivity contribution in [2.24, 2.45) is 17.6 Å². The van der Waals surface area contributed by atoms with Gasteiger partial charge in [0.25, 0.3) is 5.91 Å². The van der Waals surface area contributed by atoms with Crippen molar-refractivity contribution in [3.63, 3.8) is 0 Å². The zero-order valence-corrected chi connectivity index (χ0v) is 21.0.